The van der Waals surface area contributed by atoms with Gasteiger partial charge < -0.3 is 4.74 Å². The minimum atomic E-state index is -3.97. The number of rotatable bonds is 6. The van der Waals surface area contributed by atoms with Gasteiger partial charge in [0.05, 0.1) is 12.8 Å². The molecule has 0 aliphatic carbocycles. The molecular weight excluding hydrogens is 344 g/mol. The summed E-state index contributed by atoms with van der Waals surface area (Å²) < 4.78 is 57.8. The predicted molar refractivity (Wildman–Crippen MR) is 86.8 cm³/mol. The Hall–Kier alpha value is -1.80. The van der Waals surface area contributed by atoms with Crippen molar-refractivity contribution in [2.24, 2.45) is 0 Å². The molecule has 0 spiro atoms. The van der Waals surface area contributed by atoms with E-state index in [2.05, 4.69) is 4.72 Å². The van der Waals surface area contributed by atoms with E-state index < -0.39 is 15.8 Å². The van der Waals surface area contributed by atoms with Crippen molar-refractivity contribution < 1.29 is 21.9 Å². The first-order valence-corrected chi connectivity index (χ1v) is 8.91. The van der Waals surface area contributed by atoms with Crippen LogP contribution >= 0.6 is 11.8 Å². The van der Waals surface area contributed by atoms with Gasteiger partial charge in [-0.2, -0.15) is 8.78 Å². The minimum Gasteiger partial charge on any atom is -0.495 e. The molecule has 0 aromatic heterocycles. The zero-order valence-corrected chi connectivity index (χ0v) is 14.0. The fraction of sp³-hybridized carbons (Fsp3) is 0.200. The Labute approximate surface area is 137 Å². The van der Waals surface area contributed by atoms with Gasteiger partial charge in [-0.05, 0) is 36.8 Å². The Bertz CT molecular complexity index is 795. The maximum Gasteiger partial charge on any atom is 0.288 e. The second-order valence-electron chi connectivity index (χ2n) is 4.63. The molecule has 0 aliphatic heterocycles. The van der Waals surface area contributed by atoms with Crippen molar-refractivity contribution in [1.29, 1.82) is 0 Å². The highest BCUT2D eigenvalue weighted by molar-refractivity contribution is 7.99. The third-order valence-electron chi connectivity index (χ3n) is 2.96. The Kier molecular flexibility index (Phi) is 5.48. The number of para-hydroxylation sites is 1. The van der Waals surface area contributed by atoms with Gasteiger partial charge in [-0.1, -0.05) is 30.0 Å². The molecule has 2 aromatic rings. The molecule has 23 heavy (non-hydrogen) atoms. The number of aryl methyl sites for hydroxylation is 1. The number of alkyl halides is 2. The van der Waals surface area contributed by atoms with Gasteiger partial charge >= 0.3 is 0 Å². The van der Waals surface area contributed by atoms with Crippen LogP contribution in [0.4, 0.5) is 14.5 Å². The van der Waals surface area contributed by atoms with Crippen molar-refractivity contribution in [3.8, 4) is 5.75 Å². The molecule has 0 aliphatic rings. The van der Waals surface area contributed by atoms with Crippen LogP contribution in [-0.4, -0.2) is 21.3 Å². The molecule has 4 nitrogen and oxygen atoms in total. The van der Waals surface area contributed by atoms with Crippen molar-refractivity contribution in [2.45, 2.75) is 22.5 Å². The largest absolute Gasteiger partial charge is 0.495 e. The van der Waals surface area contributed by atoms with Gasteiger partial charge in [0, 0.05) is 4.90 Å². The van der Waals surface area contributed by atoms with E-state index in [-0.39, 0.29) is 33.0 Å². The lowest BCUT2D eigenvalue weighted by Gasteiger charge is -2.14. The highest BCUT2D eigenvalue weighted by atomic mass is 32.2. The van der Waals surface area contributed by atoms with Gasteiger partial charge in [0.15, 0.2) is 0 Å². The van der Waals surface area contributed by atoms with Crippen LogP contribution in [0.15, 0.2) is 52.3 Å². The third-order valence-corrected chi connectivity index (χ3v) is 5.13. The number of nitrogens with one attached hydrogen (secondary N) is 1. The summed E-state index contributed by atoms with van der Waals surface area (Å²) in [6, 6.07) is 10.7. The number of benzene rings is 2. The summed E-state index contributed by atoms with van der Waals surface area (Å²) >= 11 is 0.283. The van der Waals surface area contributed by atoms with Crippen LogP contribution in [0, 0.1) is 6.92 Å². The summed E-state index contributed by atoms with van der Waals surface area (Å²) in [6.45, 7) is 1.75. The van der Waals surface area contributed by atoms with Gasteiger partial charge in [-0.25, -0.2) is 8.42 Å². The normalized spacial score (nSPS) is 11.5. The molecule has 0 unspecified atom stereocenters. The zero-order chi connectivity index (χ0) is 17.0. The van der Waals surface area contributed by atoms with Gasteiger partial charge in [0.2, 0.25) is 0 Å². The van der Waals surface area contributed by atoms with Gasteiger partial charge in [-0.15, -0.1) is 0 Å². The highest BCUT2D eigenvalue weighted by Crippen LogP contribution is 2.34. The molecule has 0 heterocycles. The Morgan fingerprint density at radius 3 is 2.52 bits per heavy atom. The van der Waals surface area contributed by atoms with E-state index in [0.717, 1.165) is 5.56 Å². The lowest BCUT2D eigenvalue weighted by atomic mass is 10.2. The first-order chi connectivity index (χ1) is 10.8. The van der Waals surface area contributed by atoms with E-state index >= 15 is 0 Å². The Morgan fingerprint density at radius 1 is 1.17 bits per heavy atom. The average Bonchev–Trinajstić information content (AvgIpc) is 2.48. The van der Waals surface area contributed by atoms with Crippen LogP contribution in [0.25, 0.3) is 0 Å². The van der Waals surface area contributed by atoms with Gasteiger partial charge in [-0.3, -0.25) is 4.72 Å². The van der Waals surface area contributed by atoms with Crippen LogP contribution in [0.1, 0.15) is 5.56 Å². The highest BCUT2D eigenvalue weighted by Gasteiger charge is 2.21. The van der Waals surface area contributed by atoms with Gasteiger partial charge in [0.25, 0.3) is 15.8 Å². The number of hydrogen-bond acceptors (Lipinski definition) is 4. The topological polar surface area (TPSA) is 55.4 Å². The van der Waals surface area contributed by atoms with E-state index in [0.29, 0.717) is 0 Å². The van der Waals surface area contributed by atoms with Crippen LogP contribution < -0.4 is 9.46 Å². The maximum absolute atomic E-state index is 12.6. The fourth-order valence-electron chi connectivity index (χ4n) is 1.94. The molecule has 1 N–H and O–H groups in total. The summed E-state index contributed by atoms with van der Waals surface area (Å²) in [4.78, 5) is 0.106. The molecule has 0 fully saturated rings. The number of anilines is 1. The third kappa shape index (κ3) is 4.35. The van der Waals surface area contributed by atoms with E-state index in [1.54, 1.807) is 31.2 Å². The predicted octanol–water partition coefficient (Wildman–Crippen LogP) is 4.12. The van der Waals surface area contributed by atoms with E-state index in [1.165, 1.54) is 25.3 Å². The molecule has 0 saturated carbocycles. The van der Waals surface area contributed by atoms with Crippen LogP contribution in [0.3, 0.4) is 0 Å². The summed E-state index contributed by atoms with van der Waals surface area (Å²) in [6.07, 6.45) is 0. The quantitative estimate of drug-likeness (QED) is 0.789. The summed E-state index contributed by atoms with van der Waals surface area (Å²) in [5.41, 5.74) is 0.836. The van der Waals surface area contributed by atoms with Crippen molar-refractivity contribution in [2.75, 3.05) is 11.8 Å². The van der Waals surface area contributed by atoms with E-state index in [4.69, 9.17) is 4.74 Å². The standard InChI is InChI=1S/C15H15F2NO3S2/c1-10-7-8-12(21-2)14(9-10)23(19,20)18-11-5-3-4-6-13(11)22-15(16)17/h3-9,15,18H,1-2H3. The van der Waals surface area contributed by atoms with Crippen LogP contribution in [0.5, 0.6) is 5.75 Å². The number of sulfonamides is 1. The molecule has 0 saturated heterocycles. The number of methoxy groups -OCH3 is 1. The molecule has 124 valence electrons. The summed E-state index contributed by atoms with van der Waals surface area (Å²) in [5, 5.41) is 0. The maximum atomic E-state index is 12.6. The second kappa shape index (κ2) is 7.18. The Balaban J connectivity index is 2.42. The molecule has 2 rings (SSSR count). The number of thioether (sulfide) groups is 1. The van der Waals surface area contributed by atoms with E-state index in [9.17, 15) is 17.2 Å². The number of halogens is 2. The molecule has 0 bridgehead atoms. The Morgan fingerprint density at radius 2 is 1.87 bits per heavy atom. The summed E-state index contributed by atoms with van der Waals surface area (Å²) in [7, 11) is -2.60. The smallest absolute Gasteiger partial charge is 0.288 e. The van der Waals surface area contributed by atoms with Crippen molar-refractivity contribution in [3.63, 3.8) is 0 Å². The summed E-state index contributed by atoms with van der Waals surface area (Å²) in [5.74, 6) is -2.46. The van der Waals surface area contributed by atoms with Crippen molar-refractivity contribution in [3.05, 3.63) is 48.0 Å². The first-order valence-electron chi connectivity index (χ1n) is 6.55. The molecule has 2 aromatic carbocycles. The number of ether oxygens (including phenoxy) is 1. The molecule has 0 radical (unpaired) electrons. The lowest BCUT2D eigenvalue weighted by Crippen LogP contribution is -2.15. The molecular formula is C15H15F2NO3S2. The molecule has 0 amide bonds. The van der Waals surface area contributed by atoms with E-state index in [1.807, 2.05) is 0 Å². The number of hydrogen-bond donors (Lipinski definition) is 1. The van der Waals surface area contributed by atoms with Crippen molar-refractivity contribution in [1.82, 2.24) is 0 Å². The minimum absolute atomic E-state index is 0.0446. The van der Waals surface area contributed by atoms with Crippen LogP contribution in [0.2, 0.25) is 0 Å². The first kappa shape index (κ1) is 17.6. The second-order valence-corrected chi connectivity index (χ2v) is 7.32. The monoisotopic (exact) mass is 359 g/mol. The van der Waals surface area contributed by atoms with Crippen LogP contribution in [-0.2, 0) is 10.0 Å². The SMILES string of the molecule is COc1ccc(C)cc1S(=O)(=O)Nc1ccccc1SC(F)F. The molecule has 0 atom stereocenters. The molecule has 8 heteroatoms. The average molecular weight is 359 g/mol. The zero-order valence-electron chi connectivity index (χ0n) is 12.4. The fourth-order valence-corrected chi connectivity index (χ4v) is 3.94. The van der Waals surface area contributed by atoms with Crippen molar-refractivity contribution >= 4 is 27.5 Å². The van der Waals surface area contributed by atoms with Gasteiger partial charge in [0.1, 0.15) is 10.6 Å². The lowest BCUT2D eigenvalue weighted by molar-refractivity contribution is 0.252.